The Balaban J connectivity index is 2.27. The second-order valence-electron chi connectivity index (χ2n) is 4.26. The molecule has 1 aliphatic rings. The SMILES string of the molecule is C#CCCCC1(N)CCC(N)CC1. The molecule has 0 aromatic heterocycles. The van der Waals surface area contributed by atoms with Crippen LogP contribution in [0.4, 0.5) is 0 Å². The van der Waals surface area contributed by atoms with Crippen LogP contribution in [0.3, 0.4) is 0 Å². The molecule has 0 heterocycles. The number of rotatable bonds is 3. The highest BCUT2D eigenvalue weighted by molar-refractivity contribution is 4.92. The molecule has 0 spiro atoms. The molecule has 0 saturated heterocycles. The minimum atomic E-state index is 0.0344. The molecule has 0 bridgehead atoms. The minimum Gasteiger partial charge on any atom is -0.328 e. The predicted molar refractivity (Wildman–Crippen MR) is 56.0 cm³/mol. The first-order valence-corrected chi connectivity index (χ1v) is 5.14. The third-order valence-electron chi connectivity index (χ3n) is 3.02. The molecule has 74 valence electrons. The van der Waals surface area contributed by atoms with E-state index < -0.39 is 0 Å². The lowest BCUT2D eigenvalue weighted by Gasteiger charge is -2.36. The second-order valence-corrected chi connectivity index (χ2v) is 4.26. The first kappa shape index (κ1) is 10.6. The molecule has 0 radical (unpaired) electrons. The standard InChI is InChI=1S/C11H20N2/c1-2-3-4-7-11(13)8-5-10(12)6-9-11/h1,10H,3-9,12-13H2. The van der Waals surface area contributed by atoms with Gasteiger partial charge < -0.3 is 11.5 Å². The van der Waals surface area contributed by atoms with Crippen LogP contribution < -0.4 is 11.5 Å². The van der Waals surface area contributed by atoms with Crippen molar-refractivity contribution >= 4 is 0 Å². The minimum absolute atomic E-state index is 0.0344. The summed E-state index contributed by atoms with van der Waals surface area (Å²) < 4.78 is 0. The van der Waals surface area contributed by atoms with E-state index in [1.807, 2.05) is 0 Å². The number of hydrogen-bond acceptors (Lipinski definition) is 2. The van der Waals surface area contributed by atoms with Crippen LogP contribution in [-0.4, -0.2) is 11.6 Å². The Kier molecular flexibility index (Phi) is 3.77. The molecule has 0 amide bonds. The molecule has 0 aliphatic heterocycles. The fourth-order valence-corrected chi connectivity index (χ4v) is 2.01. The molecule has 1 aliphatic carbocycles. The van der Waals surface area contributed by atoms with Gasteiger partial charge >= 0.3 is 0 Å². The fourth-order valence-electron chi connectivity index (χ4n) is 2.01. The van der Waals surface area contributed by atoms with Crippen LogP contribution in [0.2, 0.25) is 0 Å². The van der Waals surface area contributed by atoms with Gasteiger partial charge in [0.1, 0.15) is 0 Å². The topological polar surface area (TPSA) is 52.0 Å². The van der Waals surface area contributed by atoms with E-state index in [2.05, 4.69) is 5.92 Å². The van der Waals surface area contributed by atoms with E-state index in [0.717, 1.165) is 44.9 Å². The zero-order valence-corrected chi connectivity index (χ0v) is 8.26. The van der Waals surface area contributed by atoms with Crippen LogP contribution >= 0.6 is 0 Å². The molecule has 1 rings (SSSR count). The molecule has 0 unspecified atom stereocenters. The van der Waals surface area contributed by atoms with Gasteiger partial charge in [0, 0.05) is 18.0 Å². The maximum atomic E-state index is 6.24. The van der Waals surface area contributed by atoms with Crippen LogP contribution in [0.15, 0.2) is 0 Å². The van der Waals surface area contributed by atoms with Gasteiger partial charge in [-0.2, -0.15) is 0 Å². The Morgan fingerprint density at radius 2 is 2.00 bits per heavy atom. The lowest BCUT2D eigenvalue weighted by molar-refractivity contribution is 0.254. The van der Waals surface area contributed by atoms with E-state index in [1.165, 1.54) is 0 Å². The third-order valence-corrected chi connectivity index (χ3v) is 3.02. The first-order valence-electron chi connectivity index (χ1n) is 5.14. The normalized spacial score (nSPS) is 34.1. The van der Waals surface area contributed by atoms with Gasteiger partial charge in [-0.1, -0.05) is 0 Å². The largest absolute Gasteiger partial charge is 0.328 e. The van der Waals surface area contributed by atoms with Crippen molar-refractivity contribution in [1.82, 2.24) is 0 Å². The number of terminal acetylenes is 1. The van der Waals surface area contributed by atoms with Gasteiger partial charge in [0.15, 0.2) is 0 Å². The van der Waals surface area contributed by atoms with Crippen molar-refractivity contribution < 1.29 is 0 Å². The summed E-state index contributed by atoms with van der Waals surface area (Å²) in [5, 5.41) is 0. The van der Waals surface area contributed by atoms with Gasteiger partial charge in [-0.05, 0) is 38.5 Å². The van der Waals surface area contributed by atoms with Crippen molar-refractivity contribution in [2.24, 2.45) is 11.5 Å². The van der Waals surface area contributed by atoms with Crippen molar-refractivity contribution in [3.8, 4) is 12.3 Å². The van der Waals surface area contributed by atoms with Crippen molar-refractivity contribution in [3.63, 3.8) is 0 Å². The Morgan fingerprint density at radius 3 is 2.54 bits per heavy atom. The highest BCUT2D eigenvalue weighted by Gasteiger charge is 2.29. The molecule has 2 heteroatoms. The van der Waals surface area contributed by atoms with E-state index in [4.69, 9.17) is 17.9 Å². The zero-order chi connectivity index (χ0) is 9.73. The monoisotopic (exact) mass is 180 g/mol. The number of nitrogens with two attached hydrogens (primary N) is 2. The summed E-state index contributed by atoms with van der Waals surface area (Å²) in [6.45, 7) is 0. The van der Waals surface area contributed by atoms with Crippen LogP contribution in [0.25, 0.3) is 0 Å². The molecule has 0 atom stereocenters. The zero-order valence-electron chi connectivity index (χ0n) is 8.26. The molecule has 4 N–H and O–H groups in total. The van der Waals surface area contributed by atoms with Crippen LogP contribution in [-0.2, 0) is 0 Å². The van der Waals surface area contributed by atoms with Gasteiger partial charge in [-0.15, -0.1) is 12.3 Å². The maximum Gasteiger partial charge on any atom is 0.0155 e. The third kappa shape index (κ3) is 3.38. The fraction of sp³-hybridized carbons (Fsp3) is 0.818. The second kappa shape index (κ2) is 4.64. The van der Waals surface area contributed by atoms with Gasteiger partial charge in [0.2, 0.25) is 0 Å². The lowest BCUT2D eigenvalue weighted by atomic mass is 9.77. The summed E-state index contributed by atoms with van der Waals surface area (Å²) in [6, 6.07) is 0.379. The van der Waals surface area contributed by atoms with Crippen molar-refractivity contribution in [2.45, 2.75) is 56.5 Å². The smallest absolute Gasteiger partial charge is 0.0155 e. The van der Waals surface area contributed by atoms with Crippen LogP contribution in [0.5, 0.6) is 0 Å². The van der Waals surface area contributed by atoms with E-state index in [1.54, 1.807) is 0 Å². The Morgan fingerprint density at radius 1 is 1.38 bits per heavy atom. The summed E-state index contributed by atoms with van der Waals surface area (Å²) in [5.74, 6) is 2.65. The van der Waals surface area contributed by atoms with E-state index >= 15 is 0 Å². The van der Waals surface area contributed by atoms with E-state index in [9.17, 15) is 0 Å². The van der Waals surface area contributed by atoms with E-state index in [-0.39, 0.29) is 5.54 Å². The summed E-state index contributed by atoms with van der Waals surface area (Å²) in [4.78, 5) is 0. The van der Waals surface area contributed by atoms with Crippen LogP contribution in [0.1, 0.15) is 44.9 Å². The summed E-state index contributed by atoms with van der Waals surface area (Å²) in [7, 11) is 0. The van der Waals surface area contributed by atoms with Crippen LogP contribution in [0, 0.1) is 12.3 Å². The van der Waals surface area contributed by atoms with Gasteiger partial charge in [0.25, 0.3) is 0 Å². The van der Waals surface area contributed by atoms with Crippen molar-refractivity contribution in [2.75, 3.05) is 0 Å². The highest BCUT2D eigenvalue weighted by atomic mass is 14.8. The Bertz CT molecular complexity index is 185. The summed E-state index contributed by atoms with van der Waals surface area (Å²) in [6.07, 6.45) is 12.5. The lowest BCUT2D eigenvalue weighted by Crippen LogP contribution is -2.46. The van der Waals surface area contributed by atoms with Crippen molar-refractivity contribution in [3.05, 3.63) is 0 Å². The molecular weight excluding hydrogens is 160 g/mol. The predicted octanol–water partition coefficient (Wildman–Crippen LogP) is 1.39. The first-order chi connectivity index (χ1) is 6.16. The maximum absolute atomic E-state index is 6.24. The average molecular weight is 180 g/mol. The quantitative estimate of drug-likeness (QED) is 0.509. The molecule has 2 nitrogen and oxygen atoms in total. The summed E-state index contributed by atoms with van der Waals surface area (Å²) in [5.41, 5.74) is 12.1. The number of hydrogen-bond donors (Lipinski definition) is 2. The molecular formula is C11H20N2. The van der Waals surface area contributed by atoms with Gasteiger partial charge in [-0.25, -0.2) is 0 Å². The Hall–Kier alpha value is -0.520. The molecule has 0 aromatic carbocycles. The Labute approximate surface area is 81.1 Å². The van der Waals surface area contributed by atoms with E-state index in [0.29, 0.717) is 6.04 Å². The van der Waals surface area contributed by atoms with Gasteiger partial charge in [-0.3, -0.25) is 0 Å². The van der Waals surface area contributed by atoms with Crippen molar-refractivity contribution in [1.29, 1.82) is 0 Å². The molecule has 1 saturated carbocycles. The average Bonchev–Trinajstić information content (AvgIpc) is 2.12. The molecule has 0 aromatic rings. The van der Waals surface area contributed by atoms with Gasteiger partial charge in [0.05, 0.1) is 0 Å². The molecule has 13 heavy (non-hydrogen) atoms. The summed E-state index contributed by atoms with van der Waals surface area (Å²) >= 11 is 0. The molecule has 1 fully saturated rings. The highest BCUT2D eigenvalue weighted by Crippen LogP contribution is 2.29. The number of unbranched alkanes of at least 4 members (excludes halogenated alkanes) is 1.